The molecule has 296 valence electrons. The highest BCUT2D eigenvalue weighted by Gasteiger charge is 2.46. The molecule has 18 heteroatoms. The summed E-state index contributed by atoms with van der Waals surface area (Å²) in [6, 6.07) is 16.3. The SMILES string of the molecule is O=C1CCC(N2C(=O)c3cccc(N4CCN(C(=O)CCCCCNC(=O)c5ccc(-c6cn(Cc7ccc(S(=O)(=O)F)cc7)nn6)cc5)CC4)c3C2=O)C(=O)N1. The summed E-state index contributed by atoms with van der Waals surface area (Å²) in [5.74, 6) is -2.41. The van der Waals surface area contributed by atoms with E-state index in [1.807, 2.05) is 4.90 Å². The van der Waals surface area contributed by atoms with Gasteiger partial charge < -0.3 is 15.1 Å². The Bertz CT molecular complexity index is 2340. The van der Waals surface area contributed by atoms with Crippen molar-refractivity contribution < 1.29 is 41.1 Å². The second-order valence-corrected chi connectivity index (χ2v) is 15.4. The molecule has 0 saturated carbocycles. The number of fused-ring (bicyclic) bond motifs is 1. The predicted octanol–water partition coefficient (Wildman–Crippen LogP) is 2.69. The van der Waals surface area contributed by atoms with Gasteiger partial charge in [-0.3, -0.25) is 39.0 Å². The number of hydrogen-bond donors (Lipinski definition) is 2. The number of carbonyl (C=O) groups excluding carboxylic acids is 6. The highest BCUT2D eigenvalue weighted by Crippen LogP contribution is 2.34. The minimum absolute atomic E-state index is 0.0252. The van der Waals surface area contributed by atoms with Crippen LogP contribution in [0.2, 0.25) is 0 Å². The molecule has 3 aromatic carbocycles. The van der Waals surface area contributed by atoms with E-state index in [1.165, 1.54) is 24.3 Å². The molecule has 2 N–H and O–H groups in total. The number of halogens is 1. The van der Waals surface area contributed by atoms with Crippen LogP contribution >= 0.6 is 0 Å². The van der Waals surface area contributed by atoms with Crippen LogP contribution in [-0.2, 0) is 31.2 Å². The van der Waals surface area contributed by atoms with Gasteiger partial charge in [0.05, 0.1) is 34.5 Å². The first kappa shape index (κ1) is 39.0. The first-order valence-electron chi connectivity index (χ1n) is 18.6. The maximum Gasteiger partial charge on any atom is 0.332 e. The molecule has 4 heterocycles. The average molecular weight is 799 g/mol. The summed E-state index contributed by atoms with van der Waals surface area (Å²) in [5.41, 5.74) is 3.55. The van der Waals surface area contributed by atoms with E-state index in [4.69, 9.17) is 0 Å². The fourth-order valence-electron chi connectivity index (χ4n) is 7.24. The molecule has 16 nitrogen and oxygen atoms in total. The second kappa shape index (κ2) is 16.4. The van der Waals surface area contributed by atoms with Crippen LogP contribution in [0.3, 0.4) is 0 Å². The van der Waals surface area contributed by atoms with Crippen LogP contribution in [-0.4, -0.2) is 107 Å². The molecule has 7 rings (SSSR count). The van der Waals surface area contributed by atoms with E-state index in [9.17, 15) is 41.1 Å². The van der Waals surface area contributed by atoms with Gasteiger partial charge in [-0.05, 0) is 61.2 Å². The molecule has 57 heavy (non-hydrogen) atoms. The molecule has 1 aromatic heterocycles. The highest BCUT2D eigenvalue weighted by molar-refractivity contribution is 7.86. The van der Waals surface area contributed by atoms with Gasteiger partial charge in [0.15, 0.2) is 0 Å². The number of imide groups is 2. The van der Waals surface area contributed by atoms with Crippen LogP contribution in [0.4, 0.5) is 9.57 Å². The van der Waals surface area contributed by atoms with Crippen LogP contribution in [0, 0.1) is 0 Å². The number of rotatable bonds is 13. The van der Waals surface area contributed by atoms with E-state index in [2.05, 4.69) is 20.9 Å². The normalized spacial score (nSPS) is 17.1. The van der Waals surface area contributed by atoms with E-state index in [-0.39, 0.29) is 35.8 Å². The Hall–Kier alpha value is -6.30. The van der Waals surface area contributed by atoms with Gasteiger partial charge in [0.25, 0.3) is 17.7 Å². The van der Waals surface area contributed by atoms with Gasteiger partial charge >= 0.3 is 10.2 Å². The van der Waals surface area contributed by atoms with E-state index in [0.717, 1.165) is 16.9 Å². The molecule has 1 atom stereocenters. The lowest BCUT2D eigenvalue weighted by Crippen LogP contribution is -2.54. The Labute approximate surface area is 327 Å². The van der Waals surface area contributed by atoms with Crippen molar-refractivity contribution in [2.45, 2.75) is 56.0 Å². The molecule has 6 amide bonds. The zero-order valence-corrected chi connectivity index (χ0v) is 31.5. The molecule has 3 aliphatic heterocycles. The van der Waals surface area contributed by atoms with Crippen molar-refractivity contribution in [3.8, 4) is 11.3 Å². The van der Waals surface area contributed by atoms with Crippen molar-refractivity contribution >= 4 is 51.4 Å². The maximum atomic E-state index is 13.5. The summed E-state index contributed by atoms with van der Waals surface area (Å²) in [6.07, 6.45) is 4.30. The lowest BCUT2D eigenvalue weighted by Gasteiger charge is -2.37. The van der Waals surface area contributed by atoms with Crippen LogP contribution in [0.25, 0.3) is 11.3 Å². The fraction of sp³-hybridized carbons (Fsp3) is 0.333. The van der Waals surface area contributed by atoms with Gasteiger partial charge in [0, 0.05) is 56.7 Å². The number of nitrogens with one attached hydrogen (secondary N) is 2. The number of aromatic nitrogens is 3. The van der Waals surface area contributed by atoms with E-state index in [1.54, 1.807) is 58.2 Å². The Balaban J connectivity index is 0.812. The molecule has 4 aromatic rings. The minimum atomic E-state index is -4.77. The molecule has 2 fully saturated rings. The number of nitrogens with zero attached hydrogens (tertiary/aromatic N) is 6. The number of carbonyl (C=O) groups is 6. The highest BCUT2D eigenvalue weighted by atomic mass is 32.3. The molecule has 0 aliphatic carbocycles. The van der Waals surface area contributed by atoms with Crippen molar-refractivity contribution in [3.05, 3.63) is 95.2 Å². The summed E-state index contributed by atoms with van der Waals surface area (Å²) in [7, 11) is -4.77. The average Bonchev–Trinajstić information content (AvgIpc) is 3.77. The second-order valence-electron chi connectivity index (χ2n) is 14.0. The Morgan fingerprint density at radius 2 is 1.61 bits per heavy atom. The summed E-state index contributed by atoms with van der Waals surface area (Å²) < 4.78 is 36.8. The van der Waals surface area contributed by atoms with Gasteiger partial charge in [-0.1, -0.05) is 42.0 Å². The van der Waals surface area contributed by atoms with Gasteiger partial charge in [0.1, 0.15) is 11.7 Å². The van der Waals surface area contributed by atoms with Crippen molar-refractivity contribution in [3.63, 3.8) is 0 Å². The van der Waals surface area contributed by atoms with Crippen LogP contribution in [0.1, 0.15) is 75.2 Å². The predicted molar refractivity (Wildman–Crippen MR) is 202 cm³/mol. The zero-order chi connectivity index (χ0) is 40.3. The van der Waals surface area contributed by atoms with Gasteiger partial charge in [-0.2, -0.15) is 8.42 Å². The largest absolute Gasteiger partial charge is 0.367 e. The number of hydrogen-bond acceptors (Lipinski definition) is 11. The molecule has 0 spiro atoms. The fourth-order valence-corrected chi connectivity index (χ4v) is 7.70. The summed E-state index contributed by atoms with van der Waals surface area (Å²) in [4.78, 5) is 80.9. The van der Waals surface area contributed by atoms with E-state index in [0.29, 0.717) is 81.0 Å². The quantitative estimate of drug-likeness (QED) is 0.115. The number of unbranched alkanes of at least 4 members (excludes halogenated alkanes) is 2. The molecule has 0 bridgehead atoms. The molecule has 0 radical (unpaired) electrons. The Morgan fingerprint density at radius 1 is 0.877 bits per heavy atom. The van der Waals surface area contributed by atoms with Crippen molar-refractivity contribution in [1.29, 1.82) is 0 Å². The van der Waals surface area contributed by atoms with Gasteiger partial charge in [-0.15, -0.1) is 8.98 Å². The third kappa shape index (κ3) is 8.60. The molecule has 3 aliphatic rings. The van der Waals surface area contributed by atoms with Crippen molar-refractivity contribution in [2.75, 3.05) is 37.6 Å². The van der Waals surface area contributed by atoms with Crippen LogP contribution in [0.5, 0.6) is 0 Å². The van der Waals surface area contributed by atoms with Crippen molar-refractivity contribution in [2.24, 2.45) is 0 Å². The summed E-state index contributed by atoms with van der Waals surface area (Å²) in [5, 5.41) is 13.4. The first-order chi connectivity index (χ1) is 27.4. The number of benzene rings is 3. The van der Waals surface area contributed by atoms with Gasteiger partial charge in [0.2, 0.25) is 17.7 Å². The van der Waals surface area contributed by atoms with Crippen molar-refractivity contribution in [1.82, 2.24) is 35.4 Å². The van der Waals surface area contributed by atoms with Gasteiger partial charge in [-0.25, -0.2) is 4.68 Å². The van der Waals surface area contributed by atoms with Crippen LogP contribution < -0.4 is 15.5 Å². The molecule has 2 saturated heterocycles. The first-order valence-corrected chi connectivity index (χ1v) is 20.0. The summed E-state index contributed by atoms with van der Waals surface area (Å²) >= 11 is 0. The van der Waals surface area contributed by atoms with Crippen LogP contribution in [0.15, 0.2) is 77.8 Å². The smallest absolute Gasteiger partial charge is 0.332 e. The van der Waals surface area contributed by atoms with E-state index >= 15 is 0 Å². The molecule has 1 unspecified atom stereocenters. The topological polar surface area (TPSA) is 201 Å². The van der Waals surface area contributed by atoms with E-state index < -0.39 is 44.8 Å². The zero-order valence-electron chi connectivity index (χ0n) is 30.7. The number of piperazine rings is 1. The lowest BCUT2D eigenvalue weighted by atomic mass is 10.0. The number of piperidine rings is 1. The third-order valence-electron chi connectivity index (χ3n) is 10.3. The Morgan fingerprint density at radius 3 is 2.32 bits per heavy atom. The third-order valence-corrected chi connectivity index (χ3v) is 11.1. The maximum absolute atomic E-state index is 13.5. The molecular weight excluding hydrogens is 760 g/mol. The molecular formula is C39H39FN8O8S. The Kier molecular flexibility index (Phi) is 11.2. The monoisotopic (exact) mass is 798 g/mol. The summed E-state index contributed by atoms with van der Waals surface area (Å²) in [6.45, 7) is 2.57. The number of anilines is 1. The lowest BCUT2D eigenvalue weighted by molar-refractivity contribution is -0.136. The standard InChI is InChI=1S/C39H39FN8O8S/c40-57(55,56)28-14-8-25(9-15-28)23-47-24-30(43-44-47)26-10-12-27(13-11-26)36(51)41-18-3-1-2-7-34(50)46-21-19-45(20-22-46)31-6-4-5-29-35(31)39(54)48(38(29)53)32-16-17-33(49)42-37(32)52/h4-6,8-15,24,32H,1-3,7,16-23H2,(H,41,51)(H,42,49,52). The minimum Gasteiger partial charge on any atom is -0.367 e. The number of amides is 6.